The van der Waals surface area contributed by atoms with Crippen molar-refractivity contribution in [1.82, 2.24) is 21.1 Å². The largest absolute Gasteiger partial charge is 0.379 e. The number of nitrogens with one attached hydrogen (secondary N) is 3. The number of rotatable bonds is 8. The first-order valence-corrected chi connectivity index (χ1v) is 13.6. The summed E-state index contributed by atoms with van der Waals surface area (Å²) in [6.07, 6.45) is 1.69. The highest BCUT2D eigenvalue weighted by molar-refractivity contribution is 5.96. The Balaban J connectivity index is 1.45. The fraction of sp³-hybridized carbons (Fsp3) is 0.500. The smallest absolute Gasteiger partial charge is 0.251 e. The molecule has 0 radical (unpaired) electrons. The number of halogens is 1. The molecule has 0 aliphatic carbocycles. The van der Waals surface area contributed by atoms with E-state index in [2.05, 4.69) is 16.2 Å². The summed E-state index contributed by atoms with van der Waals surface area (Å²) < 4.78 is 19.8. The maximum absolute atomic E-state index is 14.0. The Morgan fingerprint density at radius 3 is 2.62 bits per heavy atom. The van der Waals surface area contributed by atoms with Crippen LogP contribution in [0.3, 0.4) is 0 Å². The van der Waals surface area contributed by atoms with Crippen molar-refractivity contribution in [1.29, 1.82) is 0 Å². The fourth-order valence-electron chi connectivity index (χ4n) is 5.94. The molecule has 39 heavy (non-hydrogen) atoms. The Morgan fingerprint density at radius 1 is 1.18 bits per heavy atom. The van der Waals surface area contributed by atoms with Gasteiger partial charge in [0.15, 0.2) is 0 Å². The maximum atomic E-state index is 14.0. The molecule has 2 aromatic carbocycles. The maximum Gasteiger partial charge on any atom is 0.251 e. The van der Waals surface area contributed by atoms with Crippen LogP contribution in [-0.2, 0) is 20.7 Å². The van der Waals surface area contributed by atoms with Gasteiger partial charge in [-0.05, 0) is 73.6 Å². The molecular formula is C30H39FN4O4. The summed E-state index contributed by atoms with van der Waals surface area (Å²) >= 11 is 0. The zero-order chi connectivity index (χ0) is 28.3. The van der Waals surface area contributed by atoms with Crippen molar-refractivity contribution in [3.05, 3.63) is 70.5 Å². The number of carbonyl (C=O) groups is 3. The summed E-state index contributed by atoms with van der Waals surface area (Å²) in [6.45, 7) is 7.82. The molecule has 0 aromatic heterocycles. The minimum atomic E-state index is -0.357. The van der Waals surface area contributed by atoms with Crippen LogP contribution in [0.1, 0.15) is 66.7 Å². The van der Waals surface area contributed by atoms with E-state index in [-0.39, 0.29) is 66.1 Å². The monoisotopic (exact) mass is 538 g/mol. The van der Waals surface area contributed by atoms with E-state index in [1.165, 1.54) is 12.1 Å². The lowest BCUT2D eigenvalue weighted by molar-refractivity contribution is -0.135. The van der Waals surface area contributed by atoms with Gasteiger partial charge in [-0.2, -0.15) is 0 Å². The highest BCUT2D eigenvalue weighted by Gasteiger charge is 2.46. The number of ether oxygens (including phenoxy) is 1. The van der Waals surface area contributed by atoms with Crippen molar-refractivity contribution < 1.29 is 23.5 Å². The number of hydrogen-bond donors (Lipinski definition) is 3. The van der Waals surface area contributed by atoms with E-state index in [0.29, 0.717) is 24.0 Å². The second-order valence-electron chi connectivity index (χ2n) is 11.1. The molecule has 2 unspecified atom stereocenters. The molecule has 3 N–H and O–H groups in total. The highest BCUT2D eigenvalue weighted by Crippen LogP contribution is 2.40. The molecular weight excluding hydrogens is 499 g/mol. The lowest BCUT2D eigenvalue weighted by atomic mass is 9.89. The van der Waals surface area contributed by atoms with E-state index in [0.717, 1.165) is 17.5 Å². The van der Waals surface area contributed by atoms with E-state index in [1.54, 1.807) is 30.2 Å². The number of aryl methyl sites for hydroxylation is 1. The molecule has 3 amide bonds. The molecule has 2 aromatic rings. The highest BCUT2D eigenvalue weighted by atomic mass is 19.1. The predicted molar refractivity (Wildman–Crippen MR) is 146 cm³/mol. The van der Waals surface area contributed by atoms with E-state index in [1.807, 2.05) is 39.8 Å². The lowest BCUT2D eigenvalue weighted by Crippen LogP contribution is -2.52. The zero-order valence-corrected chi connectivity index (χ0v) is 23.3. The van der Waals surface area contributed by atoms with Crippen molar-refractivity contribution in [2.24, 2.45) is 11.8 Å². The molecule has 2 saturated heterocycles. The van der Waals surface area contributed by atoms with Crippen LogP contribution < -0.4 is 16.2 Å². The van der Waals surface area contributed by atoms with Crippen LogP contribution in [-0.4, -0.2) is 54.5 Å². The molecule has 4 rings (SSSR count). The summed E-state index contributed by atoms with van der Waals surface area (Å²) in [5, 5.41) is 2.77. The van der Waals surface area contributed by atoms with E-state index < -0.39 is 0 Å². The Hall–Kier alpha value is -3.30. The second kappa shape index (κ2) is 12.3. The van der Waals surface area contributed by atoms with Crippen LogP contribution in [0.4, 0.5) is 4.39 Å². The Kier molecular flexibility index (Phi) is 9.02. The van der Waals surface area contributed by atoms with Gasteiger partial charge in [0, 0.05) is 31.1 Å². The number of carbonyl (C=O) groups excluding carboxylic acids is 3. The topological polar surface area (TPSA) is 99.8 Å². The lowest BCUT2D eigenvalue weighted by Gasteiger charge is -2.34. The van der Waals surface area contributed by atoms with Gasteiger partial charge < -0.3 is 15.0 Å². The Bertz CT molecular complexity index is 1220. The van der Waals surface area contributed by atoms with Crippen LogP contribution >= 0.6 is 0 Å². The quantitative estimate of drug-likeness (QED) is 0.478. The normalized spacial score (nSPS) is 25.1. The number of likely N-dealkylation sites (tertiary alicyclic amines) is 1. The summed E-state index contributed by atoms with van der Waals surface area (Å²) in [6, 6.07) is 11.3. The summed E-state index contributed by atoms with van der Waals surface area (Å²) in [7, 11) is 1.63. The van der Waals surface area contributed by atoms with Crippen LogP contribution in [0.15, 0.2) is 42.5 Å². The molecule has 0 spiro atoms. The van der Waals surface area contributed by atoms with Gasteiger partial charge >= 0.3 is 0 Å². The van der Waals surface area contributed by atoms with Crippen LogP contribution in [0.2, 0.25) is 0 Å². The first kappa shape index (κ1) is 28.7. The predicted octanol–water partition coefficient (Wildman–Crippen LogP) is 3.45. The van der Waals surface area contributed by atoms with Gasteiger partial charge in [0.2, 0.25) is 11.8 Å². The van der Waals surface area contributed by atoms with Crippen molar-refractivity contribution in [3.8, 4) is 0 Å². The van der Waals surface area contributed by atoms with Gasteiger partial charge in [-0.3, -0.25) is 19.8 Å². The molecule has 0 bridgehead atoms. The third kappa shape index (κ3) is 6.47. The molecule has 9 heteroatoms. The van der Waals surface area contributed by atoms with Crippen LogP contribution in [0, 0.1) is 24.6 Å². The van der Waals surface area contributed by atoms with Gasteiger partial charge in [0.25, 0.3) is 5.91 Å². The number of hydrazine groups is 1. The first-order valence-electron chi connectivity index (χ1n) is 13.6. The summed E-state index contributed by atoms with van der Waals surface area (Å²) in [5.74, 6) is -1.000. The molecule has 8 nitrogen and oxygen atoms in total. The first-order chi connectivity index (χ1) is 18.6. The number of nitrogens with zero attached hydrogens (tertiary/aromatic N) is 1. The van der Waals surface area contributed by atoms with Crippen molar-refractivity contribution in [2.45, 2.75) is 71.2 Å². The summed E-state index contributed by atoms with van der Waals surface area (Å²) in [4.78, 5) is 40.5. The average Bonchev–Trinajstić information content (AvgIpc) is 3.30. The summed E-state index contributed by atoms with van der Waals surface area (Å²) in [5.41, 5.74) is 8.76. The van der Waals surface area contributed by atoms with Gasteiger partial charge in [-0.25, -0.2) is 9.82 Å². The van der Waals surface area contributed by atoms with E-state index in [4.69, 9.17) is 4.74 Å². The van der Waals surface area contributed by atoms with Crippen molar-refractivity contribution in [2.75, 3.05) is 13.7 Å². The van der Waals surface area contributed by atoms with Crippen molar-refractivity contribution in [3.63, 3.8) is 0 Å². The zero-order valence-electron chi connectivity index (χ0n) is 23.3. The van der Waals surface area contributed by atoms with E-state index >= 15 is 0 Å². The van der Waals surface area contributed by atoms with Gasteiger partial charge in [-0.15, -0.1) is 0 Å². The molecule has 210 valence electrons. The van der Waals surface area contributed by atoms with E-state index in [9.17, 15) is 18.8 Å². The minimum Gasteiger partial charge on any atom is -0.379 e. The van der Waals surface area contributed by atoms with Gasteiger partial charge in [0.05, 0.1) is 24.7 Å². The Morgan fingerprint density at radius 2 is 1.95 bits per heavy atom. The number of benzene rings is 2. The van der Waals surface area contributed by atoms with Crippen molar-refractivity contribution >= 4 is 17.7 Å². The fourth-order valence-corrected chi connectivity index (χ4v) is 5.94. The number of amides is 3. The minimum absolute atomic E-state index is 0.0262. The van der Waals surface area contributed by atoms with Crippen LogP contribution in [0.25, 0.3) is 0 Å². The number of hydrogen-bond acceptors (Lipinski definition) is 5. The van der Waals surface area contributed by atoms with Gasteiger partial charge in [-0.1, -0.05) is 32.0 Å². The molecule has 5 atom stereocenters. The second-order valence-corrected chi connectivity index (χ2v) is 11.1. The molecule has 2 aliphatic heterocycles. The van der Waals surface area contributed by atoms with Gasteiger partial charge in [0.1, 0.15) is 5.82 Å². The third-order valence-electron chi connectivity index (χ3n) is 7.92. The SMILES string of the molecule is CO[C@H]1C[C@@H](c2cccc(F)c2)N(C(=O)CNC(=O)c2ccc(CC3CC(C)NNC3=O)c(C)c2)[C@H]1C(C)C. The molecule has 2 heterocycles. The Labute approximate surface area is 229 Å². The molecule has 0 saturated carbocycles. The molecule has 2 aliphatic rings. The standard InChI is InChI=1S/C30H39FN4O4/c1-17(2)28-26(39-5)15-25(21-7-6-8-24(31)14-21)35(28)27(36)16-32-29(37)22-10-9-20(18(3)11-22)13-23-12-19(4)33-34-30(23)38/h6-11,14,17,19,23,25-26,28,33H,12-13,15-16H2,1-5H3,(H,32,37)(H,34,38)/t19?,23?,25-,26-,28-/m0/s1. The number of methoxy groups -OCH3 is 1. The average molecular weight is 539 g/mol. The molecule has 2 fully saturated rings. The van der Waals surface area contributed by atoms with Crippen LogP contribution in [0.5, 0.6) is 0 Å². The third-order valence-corrected chi connectivity index (χ3v) is 7.92.